The van der Waals surface area contributed by atoms with Gasteiger partial charge in [-0.25, -0.2) is 0 Å². The van der Waals surface area contributed by atoms with E-state index in [1.807, 2.05) is 35.7 Å². The number of carbonyl (C=O) groups excluding carboxylic acids is 1. The van der Waals surface area contributed by atoms with Crippen LogP contribution in [0.4, 0.5) is 0 Å². The minimum Gasteiger partial charge on any atom is -0.496 e. The van der Waals surface area contributed by atoms with Crippen LogP contribution in [-0.2, 0) is 6.61 Å². The molecule has 0 radical (unpaired) electrons. The van der Waals surface area contributed by atoms with E-state index in [1.165, 1.54) is 11.3 Å². The van der Waals surface area contributed by atoms with E-state index < -0.39 is 0 Å². The van der Waals surface area contributed by atoms with Gasteiger partial charge in [0, 0.05) is 5.56 Å². The van der Waals surface area contributed by atoms with Crippen LogP contribution in [0.1, 0.15) is 26.4 Å². The summed E-state index contributed by atoms with van der Waals surface area (Å²) in [7, 11) is 1.61. The van der Waals surface area contributed by atoms with Gasteiger partial charge in [0.05, 0.1) is 23.6 Å². The number of thiophene rings is 1. The molecule has 0 saturated heterocycles. The largest absolute Gasteiger partial charge is 0.496 e. The third kappa shape index (κ3) is 4.84. The fourth-order valence-corrected chi connectivity index (χ4v) is 3.12. The van der Waals surface area contributed by atoms with Crippen LogP contribution in [0.3, 0.4) is 0 Å². The molecule has 0 saturated carbocycles. The first kappa shape index (κ1) is 18.4. The number of carbonyl (C=O) groups is 1. The smallest absolute Gasteiger partial charge is 0.195 e. The van der Waals surface area contributed by atoms with Crippen molar-refractivity contribution in [1.29, 1.82) is 5.26 Å². The van der Waals surface area contributed by atoms with Gasteiger partial charge in [-0.2, -0.15) is 5.26 Å². The average molecular weight is 375 g/mol. The molecule has 0 aliphatic carbocycles. The number of ketones is 1. The summed E-state index contributed by atoms with van der Waals surface area (Å²) in [4.78, 5) is 12.8. The van der Waals surface area contributed by atoms with Gasteiger partial charge in [0.1, 0.15) is 18.1 Å². The normalized spacial score (nSPS) is 10.5. The fraction of sp³-hybridized carbons (Fsp3) is 0.0909. The van der Waals surface area contributed by atoms with E-state index in [2.05, 4.69) is 6.07 Å². The standard InChI is InChI=1S/C22H17NO3S/c1-25-21-11-7-16(6-10-20(24)22-3-2-12-27-22)13-18(21)15-26-19-8-4-17(14-23)5-9-19/h2-13H,15H2,1H3/b10-6+. The van der Waals surface area contributed by atoms with E-state index >= 15 is 0 Å². The van der Waals surface area contributed by atoms with Crippen molar-refractivity contribution < 1.29 is 14.3 Å². The van der Waals surface area contributed by atoms with Crippen LogP contribution in [0.5, 0.6) is 11.5 Å². The molecule has 4 nitrogen and oxygen atoms in total. The van der Waals surface area contributed by atoms with Crippen molar-refractivity contribution in [3.63, 3.8) is 0 Å². The first-order chi connectivity index (χ1) is 13.2. The zero-order valence-corrected chi connectivity index (χ0v) is 15.5. The molecule has 0 aliphatic rings. The van der Waals surface area contributed by atoms with Gasteiger partial charge in [0.2, 0.25) is 0 Å². The molecule has 0 aliphatic heterocycles. The van der Waals surface area contributed by atoms with Crippen LogP contribution in [0.2, 0.25) is 0 Å². The molecule has 27 heavy (non-hydrogen) atoms. The third-order valence-corrected chi connectivity index (χ3v) is 4.76. The summed E-state index contributed by atoms with van der Waals surface area (Å²) in [5.41, 5.74) is 2.34. The molecular formula is C22H17NO3S. The number of rotatable bonds is 7. The highest BCUT2D eigenvalue weighted by molar-refractivity contribution is 7.12. The van der Waals surface area contributed by atoms with Crippen LogP contribution in [-0.4, -0.2) is 12.9 Å². The topological polar surface area (TPSA) is 59.3 Å². The molecule has 0 bridgehead atoms. The van der Waals surface area contributed by atoms with Gasteiger partial charge in [-0.3, -0.25) is 4.79 Å². The lowest BCUT2D eigenvalue weighted by Gasteiger charge is -2.11. The van der Waals surface area contributed by atoms with Gasteiger partial charge >= 0.3 is 0 Å². The molecule has 1 aromatic heterocycles. The molecule has 3 rings (SSSR count). The fourth-order valence-electron chi connectivity index (χ4n) is 2.47. The molecule has 0 amide bonds. The summed E-state index contributed by atoms with van der Waals surface area (Å²) >= 11 is 1.42. The second-order valence-corrected chi connectivity index (χ2v) is 6.62. The highest BCUT2D eigenvalue weighted by Crippen LogP contribution is 2.23. The molecule has 0 atom stereocenters. The maximum Gasteiger partial charge on any atom is 0.195 e. The van der Waals surface area contributed by atoms with Gasteiger partial charge in [-0.1, -0.05) is 18.2 Å². The second-order valence-electron chi connectivity index (χ2n) is 5.67. The molecule has 0 N–H and O–H groups in total. The minimum absolute atomic E-state index is 0.0174. The van der Waals surface area contributed by atoms with E-state index in [0.29, 0.717) is 28.5 Å². The molecular weight excluding hydrogens is 358 g/mol. The van der Waals surface area contributed by atoms with Crippen molar-refractivity contribution in [3.05, 3.63) is 87.6 Å². The number of nitriles is 1. The Morgan fingerprint density at radius 1 is 1.19 bits per heavy atom. The van der Waals surface area contributed by atoms with Crippen LogP contribution in [0, 0.1) is 11.3 Å². The van der Waals surface area contributed by atoms with Crippen molar-refractivity contribution in [2.24, 2.45) is 0 Å². The van der Waals surface area contributed by atoms with E-state index in [1.54, 1.807) is 43.5 Å². The lowest BCUT2D eigenvalue weighted by Crippen LogP contribution is -1.99. The Bertz CT molecular complexity index is 983. The second kappa shape index (κ2) is 8.84. The Kier molecular flexibility index (Phi) is 6.03. The Morgan fingerprint density at radius 3 is 2.67 bits per heavy atom. The quantitative estimate of drug-likeness (QED) is 0.426. The molecule has 0 spiro atoms. The lowest BCUT2D eigenvalue weighted by atomic mass is 10.1. The molecule has 2 aromatic carbocycles. The minimum atomic E-state index is -0.0174. The van der Waals surface area contributed by atoms with Gasteiger partial charge < -0.3 is 9.47 Å². The number of ether oxygens (including phenoxy) is 2. The SMILES string of the molecule is COc1ccc(/C=C/C(=O)c2cccs2)cc1COc1ccc(C#N)cc1. The number of benzene rings is 2. The predicted molar refractivity (Wildman–Crippen MR) is 106 cm³/mol. The first-order valence-corrected chi connectivity index (χ1v) is 9.13. The maximum absolute atomic E-state index is 12.1. The number of nitrogens with zero attached hydrogens (tertiary/aromatic N) is 1. The summed E-state index contributed by atoms with van der Waals surface area (Å²) in [5, 5.41) is 10.7. The van der Waals surface area contributed by atoms with Crippen molar-refractivity contribution >= 4 is 23.2 Å². The Hall–Kier alpha value is -3.36. The summed E-state index contributed by atoms with van der Waals surface area (Å²) < 4.78 is 11.2. The number of allylic oxidation sites excluding steroid dienone is 1. The van der Waals surface area contributed by atoms with Crippen LogP contribution >= 0.6 is 11.3 Å². The zero-order valence-electron chi connectivity index (χ0n) is 14.7. The van der Waals surface area contributed by atoms with E-state index in [-0.39, 0.29) is 5.78 Å². The van der Waals surface area contributed by atoms with E-state index in [9.17, 15) is 4.79 Å². The molecule has 0 unspecified atom stereocenters. The van der Waals surface area contributed by atoms with Crippen molar-refractivity contribution in [1.82, 2.24) is 0 Å². The highest BCUT2D eigenvalue weighted by Gasteiger charge is 2.06. The first-order valence-electron chi connectivity index (χ1n) is 8.25. The molecule has 3 aromatic rings. The van der Waals surface area contributed by atoms with Crippen molar-refractivity contribution in [2.45, 2.75) is 6.61 Å². The Balaban J connectivity index is 1.72. The highest BCUT2D eigenvalue weighted by atomic mass is 32.1. The third-order valence-electron chi connectivity index (χ3n) is 3.87. The van der Waals surface area contributed by atoms with Crippen LogP contribution < -0.4 is 9.47 Å². The number of hydrogen-bond donors (Lipinski definition) is 0. The Morgan fingerprint density at radius 2 is 2.00 bits per heavy atom. The maximum atomic E-state index is 12.1. The zero-order chi connectivity index (χ0) is 19.1. The number of hydrogen-bond acceptors (Lipinski definition) is 5. The van der Waals surface area contributed by atoms with Gasteiger partial charge in [0.15, 0.2) is 5.78 Å². The Labute approximate surface area is 161 Å². The molecule has 134 valence electrons. The summed E-state index contributed by atoms with van der Waals surface area (Å²) in [6, 6.07) is 18.4. The molecule has 5 heteroatoms. The van der Waals surface area contributed by atoms with E-state index in [4.69, 9.17) is 14.7 Å². The van der Waals surface area contributed by atoms with Crippen LogP contribution in [0.25, 0.3) is 6.08 Å². The lowest BCUT2D eigenvalue weighted by molar-refractivity contribution is 0.105. The average Bonchev–Trinajstić information content (AvgIpc) is 3.26. The molecule has 0 fully saturated rings. The van der Waals surface area contributed by atoms with Crippen molar-refractivity contribution in [2.75, 3.05) is 7.11 Å². The van der Waals surface area contributed by atoms with Crippen LogP contribution in [0.15, 0.2) is 66.1 Å². The summed E-state index contributed by atoms with van der Waals surface area (Å²) in [6.07, 6.45) is 3.35. The predicted octanol–water partition coefficient (Wildman–Crippen LogP) is 5.10. The number of methoxy groups -OCH3 is 1. The molecule has 1 heterocycles. The summed E-state index contributed by atoms with van der Waals surface area (Å²) in [5.74, 6) is 1.37. The van der Waals surface area contributed by atoms with Gasteiger partial charge in [0.25, 0.3) is 0 Å². The van der Waals surface area contributed by atoms with Gasteiger partial charge in [-0.05, 0) is 59.5 Å². The van der Waals surface area contributed by atoms with Gasteiger partial charge in [-0.15, -0.1) is 11.3 Å². The van der Waals surface area contributed by atoms with Crippen molar-refractivity contribution in [3.8, 4) is 17.6 Å². The summed E-state index contributed by atoms with van der Waals surface area (Å²) in [6.45, 7) is 0.315. The monoisotopic (exact) mass is 375 g/mol. The van der Waals surface area contributed by atoms with E-state index in [0.717, 1.165) is 11.1 Å².